The van der Waals surface area contributed by atoms with Gasteiger partial charge >= 0.3 is 5.69 Å². The number of aromatic amines is 1. The van der Waals surface area contributed by atoms with E-state index in [0.717, 1.165) is 30.4 Å². The molecule has 4 rings (SSSR count). The molecule has 0 saturated heterocycles. The number of amides is 1. The fourth-order valence-corrected chi connectivity index (χ4v) is 2.99. The first-order chi connectivity index (χ1) is 10.2. The molecule has 2 aliphatic rings. The highest BCUT2D eigenvalue weighted by molar-refractivity contribution is 5.97. The minimum Gasteiger partial charge on any atom is -0.352 e. The molecule has 2 saturated carbocycles. The number of aromatic nitrogens is 2. The molecule has 0 radical (unpaired) electrons. The van der Waals surface area contributed by atoms with Gasteiger partial charge in [0.2, 0.25) is 0 Å². The Morgan fingerprint density at radius 3 is 2.76 bits per heavy atom. The number of H-pyrrole nitrogens is 1. The average Bonchev–Trinajstić information content (AvgIpc) is 3.18. The molecular weight excluding hydrogens is 266 g/mol. The Kier molecular flexibility index (Phi) is 2.87. The van der Waals surface area contributed by atoms with Crippen LogP contribution in [0.5, 0.6) is 0 Å². The third-order valence-electron chi connectivity index (χ3n) is 4.67. The lowest BCUT2D eigenvalue weighted by molar-refractivity contribution is 0.0939. The van der Waals surface area contributed by atoms with Crippen molar-refractivity contribution in [1.82, 2.24) is 14.9 Å². The van der Waals surface area contributed by atoms with Crippen molar-refractivity contribution in [3.63, 3.8) is 0 Å². The molecule has 0 spiro atoms. The second-order valence-corrected chi connectivity index (χ2v) is 6.27. The highest BCUT2D eigenvalue weighted by Gasteiger charge is 2.27. The lowest BCUT2D eigenvalue weighted by Crippen LogP contribution is -2.32. The molecule has 110 valence electrons. The van der Waals surface area contributed by atoms with Crippen LogP contribution in [0.2, 0.25) is 0 Å². The summed E-state index contributed by atoms with van der Waals surface area (Å²) in [6.45, 7) is 0.763. The van der Waals surface area contributed by atoms with Crippen molar-refractivity contribution in [2.75, 3.05) is 6.54 Å². The monoisotopic (exact) mass is 285 g/mol. The first kappa shape index (κ1) is 12.7. The van der Waals surface area contributed by atoms with Crippen LogP contribution < -0.4 is 11.0 Å². The van der Waals surface area contributed by atoms with E-state index in [4.69, 9.17) is 0 Å². The molecule has 5 heteroatoms. The highest BCUT2D eigenvalue weighted by Crippen LogP contribution is 2.35. The summed E-state index contributed by atoms with van der Waals surface area (Å²) in [5.74, 6) is 0.606. The van der Waals surface area contributed by atoms with Gasteiger partial charge in [-0.15, -0.1) is 0 Å². The van der Waals surface area contributed by atoms with E-state index in [1.807, 2.05) is 12.1 Å². The molecule has 5 nitrogen and oxygen atoms in total. The zero-order chi connectivity index (χ0) is 14.4. The standard InChI is InChI=1S/C16H19N3O2/c20-15(17-9-10-2-1-3-10)11-4-7-13-14(8-11)19(12-5-6-12)16(21)18-13/h4,7-8,10,12H,1-3,5-6,9H2,(H,17,20)(H,18,21). The van der Waals surface area contributed by atoms with E-state index < -0.39 is 0 Å². The average molecular weight is 285 g/mol. The number of carbonyl (C=O) groups is 1. The SMILES string of the molecule is O=C(NCC1CCC1)c1ccc2[nH]c(=O)n(C3CC3)c2c1. The van der Waals surface area contributed by atoms with E-state index in [-0.39, 0.29) is 11.6 Å². The topological polar surface area (TPSA) is 66.9 Å². The number of hydrogen-bond donors (Lipinski definition) is 2. The van der Waals surface area contributed by atoms with Gasteiger partial charge in [-0.05, 0) is 49.8 Å². The van der Waals surface area contributed by atoms with Gasteiger partial charge in [-0.3, -0.25) is 9.36 Å². The molecule has 2 N–H and O–H groups in total. The molecule has 2 fully saturated rings. The normalized spacial score (nSPS) is 18.7. The number of imidazole rings is 1. The highest BCUT2D eigenvalue weighted by atomic mass is 16.2. The Morgan fingerprint density at radius 2 is 2.10 bits per heavy atom. The molecule has 2 aromatic rings. The minimum absolute atomic E-state index is 0.0419. The van der Waals surface area contributed by atoms with Crippen molar-refractivity contribution < 1.29 is 4.79 Å². The smallest absolute Gasteiger partial charge is 0.326 e. The summed E-state index contributed by atoms with van der Waals surface area (Å²) in [6, 6.07) is 5.75. The molecule has 2 aliphatic carbocycles. The Balaban J connectivity index is 1.61. The predicted octanol–water partition coefficient (Wildman–Crippen LogP) is 2.19. The van der Waals surface area contributed by atoms with E-state index in [0.29, 0.717) is 17.5 Å². The van der Waals surface area contributed by atoms with Gasteiger partial charge in [0.1, 0.15) is 0 Å². The second kappa shape index (κ2) is 4.76. The molecular formula is C16H19N3O2. The number of rotatable bonds is 4. The van der Waals surface area contributed by atoms with Crippen molar-refractivity contribution in [2.45, 2.75) is 38.1 Å². The molecule has 1 amide bonds. The molecule has 1 aromatic heterocycles. The van der Waals surface area contributed by atoms with E-state index in [1.54, 1.807) is 10.6 Å². The third-order valence-corrected chi connectivity index (χ3v) is 4.67. The maximum atomic E-state index is 12.2. The van der Waals surface area contributed by atoms with Crippen molar-refractivity contribution >= 4 is 16.9 Å². The van der Waals surface area contributed by atoms with Crippen LogP contribution in [-0.4, -0.2) is 22.0 Å². The summed E-state index contributed by atoms with van der Waals surface area (Å²) >= 11 is 0. The molecule has 0 unspecified atom stereocenters. The van der Waals surface area contributed by atoms with E-state index in [1.165, 1.54) is 19.3 Å². The number of hydrogen-bond acceptors (Lipinski definition) is 2. The minimum atomic E-state index is -0.0699. The predicted molar refractivity (Wildman–Crippen MR) is 80.5 cm³/mol. The van der Waals surface area contributed by atoms with Crippen LogP contribution in [0.25, 0.3) is 11.0 Å². The fourth-order valence-electron chi connectivity index (χ4n) is 2.99. The maximum Gasteiger partial charge on any atom is 0.326 e. The maximum absolute atomic E-state index is 12.2. The van der Waals surface area contributed by atoms with Gasteiger partial charge in [-0.25, -0.2) is 4.79 Å². The zero-order valence-electron chi connectivity index (χ0n) is 11.9. The van der Waals surface area contributed by atoms with Crippen LogP contribution >= 0.6 is 0 Å². The summed E-state index contributed by atoms with van der Waals surface area (Å²) in [6.07, 6.45) is 5.82. The van der Waals surface area contributed by atoms with Crippen LogP contribution in [0, 0.1) is 5.92 Å². The van der Waals surface area contributed by atoms with Gasteiger partial charge in [0.05, 0.1) is 11.0 Å². The summed E-state index contributed by atoms with van der Waals surface area (Å²) < 4.78 is 1.79. The Hall–Kier alpha value is -2.04. The Bertz CT molecular complexity index is 750. The molecule has 21 heavy (non-hydrogen) atoms. The van der Waals surface area contributed by atoms with E-state index >= 15 is 0 Å². The molecule has 0 aliphatic heterocycles. The number of nitrogens with one attached hydrogen (secondary N) is 2. The lowest BCUT2D eigenvalue weighted by atomic mass is 9.85. The number of carbonyl (C=O) groups excluding carboxylic acids is 1. The fraction of sp³-hybridized carbons (Fsp3) is 0.500. The number of benzene rings is 1. The number of nitrogens with zero attached hydrogens (tertiary/aromatic N) is 1. The van der Waals surface area contributed by atoms with E-state index in [9.17, 15) is 9.59 Å². The first-order valence-corrected chi connectivity index (χ1v) is 7.75. The van der Waals surface area contributed by atoms with Crippen molar-refractivity contribution in [3.05, 3.63) is 34.2 Å². The molecule has 0 atom stereocenters. The van der Waals surface area contributed by atoms with Crippen molar-refractivity contribution in [2.24, 2.45) is 5.92 Å². The van der Waals surface area contributed by atoms with Gasteiger partial charge in [0.15, 0.2) is 0 Å². The zero-order valence-corrected chi connectivity index (χ0v) is 11.9. The first-order valence-electron chi connectivity index (χ1n) is 7.75. The summed E-state index contributed by atoms with van der Waals surface area (Å²) in [4.78, 5) is 27.1. The van der Waals surface area contributed by atoms with Crippen molar-refractivity contribution in [3.8, 4) is 0 Å². The van der Waals surface area contributed by atoms with Gasteiger partial charge in [-0.2, -0.15) is 0 Å². The molecule has 1 heterocycles. The van der Waals surface area contributed by atoms with Crippen LogP contribution in [0.3, 0.4) is 0 Å². The van der Waals surface area contributed by atoms with Crippen LogP contribution in [0.1, 0.15) is 48.5 Å². The summed E-state index contributed by atoms with van der Waals surface area (Å²) in [7, 11) is 0. The quantitative estimate of drug-likeness (QED) is 0.904. The Labute approximate surface area is 122 Å². The summed E-state index contributed by atoms with van der Waals surface area (Å²) in [5, 5.41) is 3.00. The van der Waals surface area contributed by atoms with Crippen LogP contribution in [0.15, 0.2) is 23.0 Å². The van der Waals surface area contributed by atoms with Crippen LogP contribution in [0.4, 0.5) is 0 Å². The van der Waals surface area contributed by atoms with Crippen molar-refractivity contribution in [1.29, 1.82) is 0 Å². The van der Waals surface area contributed by atoms with Gasteiger partial charge < -0.3 is 10.3 Å². The number of fused-ring (bicyclic) bond motifs is 1. The van der Waals surface area contributed by atoms with E-state index in [2.05, 4.69) is 10.3 Å². The van der Waals surface area contributed by atoms with Gasteiger partial charge in [0, 0.05) is 18.2 Å². The molecule has 1 aromatic carbocycles. The van der Waals surface area contributed by atoms with Gasteiger partial charge in [0.25, 0.3) is 5.91 Å². The Morgan fingerprint density at radius 1 is 1.29 bits per heavy atom. The second-order valence-electron chi connectivity index (χ2n) is 6.27. The van der Waals surface area contributed by atoms with Crippen LogP contribution in [-0.2, 0) is 0 Å². The van der Waals surface area contributed by atoms with Gasteiger partial charge in [-0.1, -0.05) is 6.42 Å². The lowest BCUT2D eigenvalue weighted by Gasteiger charge is -2.25. The largest absolute Gasteiger partial charge is 0.352 e. The third kappa shape index (κ3) is 2.26. The molecule has 0 bridgehead atoms. The summed E-state index contributed by atoms with van der Waals surface area (Å²) in [5.41, 5.74) is 2.22.